The van der Waals surface area contributed by atoms with Gasteiger partial charge in [-0.3, -0.25) is 0 Å². The second-order valence-electron chi connectivity index (χ2n) is 10.6. The fourth-order valence-electron chi connectivity index (χ4n) is 6.46. The quantitative estimate of drug-likeness (QED) is 0.198. The Kier molecular flexibility index (Phi) is 3.80. The minimum absolute atomic E-state index is 0.192. The van der Waals surface area contributed by atoms with Gasteiger partial charge in [0.05, 0.1) is 11.0 Å². The molecule has 1 heteroatoms. The van der Waals surface area contributed by atoms with Gasteiger partial charge in [0.25, 0.3) is 0 Å². The number of fused-ring (bicyclic) bond motifs is 6. The molecule has 0 spiro atoms. The Balaban J connectivity index is 1.43. The van der Waals surface area contributed by atoms with E-state index in [2.05, 4.69) is 0 Å². The Morgan fingerprint density at radius 2 is 0.930 bits per heavy atom. The first-order chi connectivity index (χ1) is 24.7. The topological polar surface area (TPSA) is 13.1 Å². The lowest BCUT2D eigenvalue weighted by Crippen LogP contribution is -1.91. The van der Waals surface area contributed by atoms with Crippen molar-refractivity contribution in [3.05, 3.63) is 158 Å². The Bertz CT molecular complexity index is 2860. The first-order valence-electron chi connectivity index (χ1n) is 18.1. The van der Waals surface area contributed by atoms with Gasteiger partial charge in [0.1, 0.15) is 11.2 Å². The molecule has 0 aliphatic rings. The summed E-state index contributed by atoms with van der Waals surface area (Å²) in [5.41, 5.74) is 5.21. The van der Waals surface area contributed by atoms with Gasteiger partial charge in [-0.25, -0.2) is 0 Å². The highest BCUT2D eigenvalue weighted by Crippen LogP contribution is 2.45. The molecule has 0 N–H and O–H groups in total. The summed E-state index contributed by atoms with van der Waals surface area (Å²) < 4.78 is 78.1. The first-order valence-corrected chi connectivity index (χ1v) is 14.1. The van der Waals surface area contributed by atoms with Crippen LogP contribution in [0, 0.1) is 0 Å². The predicted octanol–water partition coefficient (Wildman–Crippen LogP) is 12.0. The fraction of sp³-hybridized carbons (Fsp3) is 0. The zero-order valence-electron chi connectivity index (χ0n) is 30.8. The van der Waals surface area contributed by atoms with Gasteiger partial charge in [0.2, 0.25) is 0 Å². The summed E-state index contributed by atoms with van der Waals surface area (Å²) >= 11 is 0. The molecule has 200 valence electrons. The molecule has 0 aliphatic heterocycles. The smallest absolute Gasteiger partial charge is 0.136 e. The van der Waals surface area contributed by atoms with Crippen LogP contribution >= 0.6 is 0 Å². The molecule has 0 saturated carbocycles. The van der Waals surface area contributed by atoms with Crippen LogP contribution in [0.3, 0.4) is 0 Å². The number of hydrogen-bond acceptors (Lipinski definition) is 1. The molecular weight excluding hydrogens is 520 g/mol. The molecule has 0 radical (unpaired) electrons. The van der Waals surface area contributed by atoms with E-state index >= 15 is 0 Å². The van der Waals surface area contributed by atoms with Crippen LogP contribution in [0.4, 0.5) is 0 Å². The number of hydrogen-bond donors (Lipinski definition) is 0. The van der Waals surface area contributed by atoms with Crippen LogP contribution in [-0.2, 0) is 0 Å². The minimum atomic E-state index is -0.423. The van der Waals surface area contributed by atoms with Crippen molar-refractivity contribution in [2.75, 3.05) is 0 Å². The van der Waals surface area contributed by atoms with Crippen molar-refractivity contribution in [2.45, 2.75) is 0 Å². The summed E-state index contributed by atoms with van der Waals surface area (Å²) in [5.74, 6) is 0. The highest BCUT2D eigenvalue weighted by atomic mass is 16.3. The third-order valence-corrected chi connectivity index (χ3v) is 8.32. The predicted molar refractivity (Wildman–Crippen MR) is 183 cm³/mol. The third-order valence-electron chi connectivity index (χ3n) is 8.32. The maximum Gasteiger partial charge on any atom is 0.136 e. The van der Waals surface area contributed by atoms with Crippen molar-refractivity contribution in [3.8, 4) is 33.4 Å². The molecule has 0 aliphatic carbocycles. The Hall–Kier alpha value is -5.66. The van der Waals surface area contributed by atoms with Crippen LogP contribution in [0.5, 0.6) is 0 Å². The average Bonchev–Trinajstić information content (AvgIpc) is 3.55. The lowest BCUT2D eigenvalue weighted by Gasteiger charge is -2.19. The average molecular weight is 555 g/mol. The number of para-hydroxylation sites is 1. The molecule has 0 fully saturated rings. The highest BCUT2D eigenvalue weighted by molar-refractivity contribution is 6.23. The molecule has 1 nitrogen and oxygen atoms in total. The van der Waals surface area contributed by atoms with E-state index in [-0.39, 0.29) is 45.7 Å². The van der Waals surface area contributed by atoms with Gasteiger partial charge in [0, 0.05) is 10.8 Å². The summed E-state index contributed by atoms with van der Waals surface area (Å²) in [5, 5.41) is 4.42. The third kappa shape index (κ3) is 3.65. The van der Waals surface area contributed by atoms with Crippen LogP contribution in [0.25, 0.3) is 87.6 Å². The van der Waals surface area contributed by atoms with Crippen LogP contribution in [-0.4, -0.2) is 0 Å². The molecule has 0 bridgehead atoms. The van der Waals surface area contributed by atoms with Crippen LogP contribution in [0.1, 0.15) is 11.0 Å². The summed E-state index contributed by atoms with van der Waals surface area (Å²) in [4.78, 5) is 0. The molecule has 1 aromatic heterocycles. The zero-order chi connectivity index (χ0) is 35.3. The molecule has 0 unspecified atom stereocenters. The standard InChI is InChI=1S/C42H26O/c1-2-13-30-27(11-1)12-9-20-32(30)41-35-16-5-3-14-33(35)40(34-15-4-6-17-36(34)41)29-25-23-28(24-26-29)31-19-10-22-39-42(31)37-18-7-8-21-38(37)43-39/h1-26H/i3D,4D,5D,6D,14D,15D,16D,17D. The molecule has 43 heavy (non-hydrogen) atoms. The van der Waals surface area contributed by atoms with E-state index in [1.165, 1.54) is 0 Å². The van der Waals surface area contributed by atoms with Gasteiger partial charge in [-0.1, -0.05) is 145 Å². The van der Waals surface area contributed by atoms with Crippen molar-refractivity contribution in [1.29, 1.82) is 0 Å². The van der Waals surface area contributed by atoms with Gasteiger partial charge in [-0.05, 0) is 77.8 Å². The van der Waals surface area contributed by atoms with E-state index < -0.39 is 24.2 Å². The van der Waals surface area contributed by atoms with Crippen LogP contribution in [0.15, 0.2) is 162 Å². The second kappa shape index (κ2) is 9.44. The zero-order valence-corrected chi connectivity index (χ0v) is 22.8. The van der Waals surface area contributed by atoms with Crippen molar-refractivity contribution in [3.63, 3.8) is 0 Å². The second-order valence-corrected chi connectivity index (χ2v) is 10.6. The molecular formula is C42H26O. The summed E-state index contributed by atoms with van der Waals surface area (Å²) in [7, 11) is 0. The van der Waals surface area contributed by atoms with E-state index in [9.17, 15) is 5.48 Å². The molecule has 0 amide bonds. The SMILES string of the molecule is [2H]c1c([2H])c([2H])c2c(-c3cccc4ccccc34)c3c([2H])c([2H])c([2H])c([2H])c3c(-c3ccc(-c4cccc5oc6ccccc6c45)cc3)c2c1[2H]. The molecule has 9 rings (SSSR count). The first kappa shape index (κ1) is 17.3. The lowest BCUT2D eigenvalue weighted by atomic mass is 9.84. The van der Waals surface area contributed by atoms with Crippen molar-refractivity contribution < 1.29 is 15.4 Å². The van der Waals surface area contributed by atoms with Gasteiger partial charge in [-0.2, -0.15) is 0 Å². The molecule has 8 aromatic carbocycles. The Morgan fingerprint density at radius 1 is 0.395 bits per heavy atom. The van der Waals surface area contributed by atoms with Crippen LogP contribution in [0.2, 0.25) is 0 Å². The minimum Gasteiger partial charge on any atom is -0.456 e. The van der Waals surface area contributed by atoms with E-state index in [0.717, 1.165) is 43.8 Å². The van der Waals surface area contributed by atoms with Gasteiger partial charge < -0.3 is 4.42 Å². The van der Waals surface area contributed by atoms with E-state index in [1.807, 2.05) is 109 Å². The van der Waals surface area contributed by atoms with Gasteiger partial charge in [0.15, 0.2) is 0 Å². The largest absolute Gasteiger partial charge is 0.456 e. The van der Waals surface area contributed by atoms with Gasteiger partial charge >= 0.3 is 0 Å². The number of benzene rings is 8. The lowest BCUT2D eigenvalue weighted by molar-refractivity contribution is 0.669. The maximum atomic E-state index is 9.27. The van der Waals surface area contributed by atoms with Crippen LogP contribution < -0.4 is 0 Å². The normalized spacial score (nSPS) is 14.3. The molecule has 0 saturated heterocycles. The summed E-state index contributed by atoms with van der Waals surface area (Å²) in [6.45, 7) is 0. The van der Waals surface area contributed by atoms with Gasteiger partial charge in [-0.15, -0.1) is 0 Å². The van der Waals surface area contributed by atoms with E-state index in [1.54, 1.807) is 0 Å². The Morgan fingerprint density at radius 3 is 1.67 bits per heavy atom. The fourth-order valence-corrected chi connectivity index (χ4v) is 6.46. The van der Waals surface area contributed by atoms with E-state index in [0.29, 0.717) is 22.3 Å². The van der Waals surface area contributed by atoms with Crippen molar-refractivity contribution >= 4 is 54.3 Å². The molecule has 1 heterocycles. The van der Waals surface area contributed by atoms with Crippen molar-refractivity contribution in [2.24, 2.45) is 0 Å². The summed E-state index contributed by atoms with van der Waals surface area (Å²) in [6, 6.07) is 31.8. The Labute approximate surface area is 260 Å². The van der Waals surface area contributed by atoms with E-state index in [4.69, 9.17) is 9.90 Å². The number of rotatable bonds is 3. The maximum absolute atomic E-state index is 9.27. The highest BCUT2D eigenvalue weighted by Gasteiger charge is 2.18. The van der Waals surface area contributed by atoms with Crippen molar-refractivity contribution in [1.82, 2.24) is 0 Å². The monoisotopic (exact) mass is 554 g/mol. The molecule has 0 atom stereocenters. The number of furan rings is 1. The molecule has 9 aromatic rings. The summed E-state index contributed by atoms with van der Waals surface area (Å²) in [6.07, 6.45) is 0.